The Kier molecular flexibility index (Phi) is 5.77. The number of hydrogen-bond acceptors (Lipinski definition) is 6. The van der Waals surface area contributed by atoms with Crippen LogP contribution in [0, 0.1) is 0 Å². The second kappa shape index (κ2) is 8.21. The number of nitrogens with one attached hydrogen (secondary N) is 1. The maximum atomic E-state index is 12.5. The van der Waals surface area contributed by atoms with Crippen LogP contribution >= 0.6 is 11.3 Å². The molecule has 0 radical (unpaired) electrons. The smallest absolute Gasteiger partial charge is 0.254 e. The van der Waals surface area contributed by atoms with Gasteiger partial charge in [-0.1, -0.05) is 19.4 Å². The highest BCUT2D eigenvalue weighted by Crippen LogP contribution is 2.23. The Morgan fingerprint density at radius 2 is 2.12 bits per heavy atom. The highest BCUT2D eigenvalue weighted by atomic mass is 32.1. The maximum Gasteiger partial charge on any atom is 0.254 e. The third-order valence-electron chi connectivity index (χ3n) is 3.96. The van der Waals surface area contributed by atoms with Crippen LogP contribution < -0.4 is 10.2 Å². The minimum atomic E-state index is -0.129. The molecule has 3 heterocycles. The molecular weight excluding hydrogens is 324 g/mol. The molecule has 1 atom stereocenters. The Labute approximate surface area is 145 Å². The number of morpholine rings is 1. The zero-order valence-electron chi connectivity index (χ0n) is 13.8. The highest BCUT2D eigenvalue weighted by molar-refractivity contribution is 7.10. The number of aromatic nitrogens is 2. The highest BCUT2D eigenvalue weighted by Gasteiger charge is 2.18. The lowest BCUT2D eigenvalue weighted by atomic mass is 10.1. The lowest BCUT2D eigenvalue weighted by Gasteiger charge is -2.26. The summed E-state index contributed by atoms with van der Waals surface area (Å²) in [6, 6.07) is 4.11. The van der Waals surface area contributed by atoms with E-state index < -0.39 is 0 Å². The lowest BCUT2D eigenvalue weighted by Crippen LogP contribution is -2.37. The molecule has 1 N–H and O–H groups in total. The molecule has 6 nitrogen and oxygen atoms in total. The van der Waals surface area contributed by atoms with Crippen molar-refractivity contribution in [1.29, 1.82) is 0 Å². The molecule has 7 heteroatoms. The molecule has 24 heavy (non-hydrogen) atoms. The van der Waals surface area contributed by atoms with Crippen LogP contribution in [-0.4, -0.2) is 42.2 Å². The zero-order valence-corrected chi connectivity index (χ0v) is 14.6. The van der Waals surface area contributed by atoms with E-state index in [1.165, 1.54) is 4.88 Å². The van der Waals surface area contributed by atoms with Gasteiger partial charge in [-0.25, -0.2) is 9.97 Å². The zero-order chi connectivity index (χ0) is 16.8. The molecule has 1 amide bonds. The number of nitrogens with zero attached hydrogens (tertiary/aromatic N) is 3. The van der Waals surface area contributed by atoms with Crippen LogP contribution in [0.5, 0.6) is 0 Å². The molecule has 128 valence electrons. The van der Waals surface area contributed by atoms with Crippen LogP contribution in [-0.2, 0) is 4.74 Å². The SMILES string of the molecule is CCC[C@H](NC(=O)c1cnc(N2CCOCC2)nc1)c1cccs1. The monoisotopic (exact) mass is 346 g/mol. The van der Waals surface area contributed by atoms with Crippen LogP contribution in [0.4, 0.5) is 5.95 Å². The fourth-order valence-electron chi connectivity index (χ4n) is 2.67. The number of carbonyl (C=O) groups is 1. The number of amides is 1. The number of thiophene rings is 1. The van der Waals surface area contributed by atoms with Crippen LogP contribution in [0.25, 0.3) is 0 Å². The predicted molar refractivity (Wildman–Crippen MR) is 94.5 cm³/mol. The second-order valence-electron chi connectivity index (χ2n) is 5.70. The first-order chi connectivity index (χ1) is 11.8. The summed E-state index contributed by atoms with van der Waals surface area (Å²) >= 11 is 1.66. The van der Waals surface area contributed by atoms with Gasteiger partial charge in [0.1, 0.15) is 0 Å². The number of ether oxygens (including phenoxy) is 1. The first-order valence-electron chi connectivity index (χ1n) is 8.27. The first kappa shape index (κ1) is 16.9. The van der Waals surface area contributed by atoms with Gasteiger partial charge in [-0.15, -0.1) is 11.3 Å². The minimum Gasteiger partial charge on any atom is -0.378 e. The average Bonchev–Trinajstić information content (AvgIpc) is 3.17. The number of anilines is 1. The van der Waals surface area contributed by atoms with E-state index in [2.05, 4.69) is 33.2 Å². The molecule has 2 aromatic rings. The molecule has 0 spiro atoms. The molecule has 1 saturated heterocycles. The van der Waals surface area contributed by atoms with Crippen LogP contribution in [0.1, 0.15) is 41.0 Å². The van der Waals surface area contributed by atoms with Gasteiger partial charge in [-0.05, 0) is 17.9 Å². The molecule has 1 fully saturated rings. The van der Waals surface area contributed by atoms with Gasteiger partial charge in [0.25, 0.3) is 5.91 Å². The van der Waals surface area contributed by atoms with Gasteiger partial charge in [0, 0.05) is 30.4 Å². The van der Waals surface area contributed by atoms with E-state index in [4.69, 9.17) is 4.74 Å². The summed E-state index contributed by atoms with van der Waals surface area (Å²) in [6.45, 7) is 5.05. The molecule has 2 aromatic heterocycles. The summed E-state index contributed by atoms with van der Waals surface area (Å²) in [5, 5.41) is 5.13. The van der Waals surface area contributed by atoms with E-state index in [1.807, 2.05) is 11.4 Å². The maximum absolute atomic E-state index is 12.5. The Balaban J connectivity index is 1.65. The van der Waals surface area contributed by atoms with Crippen molar-refractivity contribution in [3.8, 4) is 0 Å². The third-order valence-corrected chi connectivity index (χ3v) is 4.95. The van der Waals surface area contributed by atoms with E-state index in [0.29, 0.717) is 24.7 Å². The molecule has 0 unspecified atom stereocenters. The van der Waals surface area contributed by atoms with Crippen molar-refractivity contribution in [2.75, 3.05) is 31.2 Å². The van der Waals surface area contributed by atoms with E-state index in [1.54, 1.807) is 23.7 Å². The standard InChI is InChI=1S/C17H22N4O2S/c1-2-4-14(15-5-3-10-24-15)20-16(22)13-11-18-17(19-12-13)21-6-8-23-9-7-21/h3,5,10-12,14H,2,4,6-9H2,1H3,(H,20,22)/t14-/m0/s1. The fourth-order valence-corrected chi connectivity index (χ4v) is 3.48. The van der Waals surface area contributed by atoms with Gasteiger partial charge >= 0.3 is 0 Å². The molecule has 0 aromatic carbocycles. The van der Waals surface area contributed by atoms with E-state index >= 15 is 0 Å². The Morgan fingerprint density at radius 3 is 2.75 bits per heavy atom. The minimum absolute atomic E-state index is 0.0430. The number of rotatable bonds is 6. The normalized spacial score (nSPS) is 16.0. The summed E-state index contributed by atoms with van der Waals surface area (Å²) in [7, 11) is 0. The van der Waals surface area contributed by atoms with Crippen molar-refractivity contribution in [3.63, 3.8) is 0 Å². The summed E-state index contributed by atoms with van der Waals surface area (Å²) < 4.78 is 5.32. The topological polar surface area (TPSA) is 67.4 Å². The molecule has 1 aliphatic rings. The van der Waals surface area contributed by atoms with Crippen molar-refractivity contribution in [1.82, 2.24) is 15.3 Å². The molecule has 0 aliphatic carbocycles. The summed E-state index contributed by atoms with van der Waals surface area (Å²) in [5.74, 6) is 0.522. The quantitative estimate of drug-likeness (QED) is 0.871. The summed E-state index contributed by atoms with van der Waals surface area (Å²) in [4.78, 5) is 24.4. The van der Waals surface area contributed by atoms with E-state index in [9.17, 15) is 4.79 Å². The molecule has 3 rings (SSSR count). The number of hydrogen-bond donors (Lipinski definition) is 1. The fraction of sp³-hybridized carbons (Fsp3) is 0.471. The molecule has 1 aliphatic heterocycles. The van der Waals surface area contributed by atoms with Crippen LogP contribution in [0.2, 0.25) is 0 Å². The van der Waals surface area contributed by atoms with Crippen molar-refractivity contribution in [3.05, 3.63) is 40.3 Å². The van der Waals surface area contributed by atoms with Crippen LogP contribution in [0.15, 0.2) is 29.9 Å². The van der Waals surface area contributed by atoms with Crippen molar-refractivity contribution < 1.29 is 9.53 Å². The molecule has 0 bridgehead atoms. The van der Waals surface area contributed by atoms with E-state index in [-0.39, 0.29) is 11.9 Å². The van der Waals surface area contributed by atoms with Gasteiger partial charge in [0.2, 0.25) is 5.95 Å². The Hall–Kier alpha value is -1.99. The summed E-state index contributed by atoms with van der Waals surface area (Å²) in [6.07, 6.45) is 5.13. The van der Waals surface area contributed by atoms with Gasteiger partial charge in [-0.3, -0.25) is 4.79 Å². The first-order valence-corrected chi connectivity index (χ1v) is 9.15. The Morgan fingerprint density at radius 1 is 1.38 bits per heavy atom. The van der Waals surface area contributed by atoms with Crippen molar-refractivity contribution in [2.45, 2.75) is 25.8 Å². The summed E-state index contributed by atoms with van der Waals surface area (Å²) in [5.41, 5.74) is 0.490. The van der Waals surface area contributed by atoms with Gasteiger partial charge < -0.3 is 15.0 Å². The van der Waals surface area contributed by atoms with Gasteiger partial charge in [-0.2, -0.15) is 0 Å². The van der Waals surface area contributed by atoms with Crippen molar-refractivity contribution >= 4 is 23.2 Å². The molecule has 0 saturated carbocycles. The number of carbonyl (C=O) groups excluding carboxylic acids is 1. The van der Waals surface area contributed by atoms with Crippen molar-refractivity contribution in [2.24, 2.45) is 0 Å². The van der Waals surface area contributed by atoms with E-state index in [0.717, 1.165) is 25.9 Å². The second-order valence-corrected chi connectivity index (χ2v) is 6.68. The lowest BCUT2D eigenvalue weighted by molar-refractivity contribution is 0.0934. The van der Waals surface area contributed by atoms with Gasteiger partial charge in [0.05, 0.1) is 24.8 Å². The van der Waals surface area contributed by atoms with Crippen LogP contribution in [0.3, 0.4) is 0 Å². The molecular formula is C17H22N4O2S. The largest absolute Gasteiger partial charge is 0.378 e. The van der Waals surface area contributed by atoms with Gasteiger partial charge in [0.15, 0.2) is 0 Å². The average molecular weight is 346 g/mol. The Bertz CT molecular complexity index is 639. The predicted octanol–water partition coefficient (Wildman–Crippen LogP) is 2.65. The third kappa shape index (κ3) is 4.10.